The second-order valence-corrected chi connectivity index (χ2v) is 12.6. The predicted molar refractivity (Wildman–Crippen MR) is 160 cm³/mol. The molecule has 1 aromatic heterocycles. The van der Waals surface area contributed by atoms with E-state index in [1.807, 2.05) is 70.3 Å². The second-order valence-electron chi connectivity index (χ2n) is 11.5. The van der Waals surface area contributed by atoms with Gasteiger partial charge in [-0.25, -0.2) is 8.78 Å². The van der Waals surface area contributed by atoms with Gasteiger partial charge in [0, 0.05) is 18.0 Å². The highest BCUT2D eigenvalue weighted by Crippen LogP contribution is 2.45. The number of hydrogen-bond acceptors (Lipinski definition) is 5. The highest BCUT2D eigenvalue weighted by Gasteiger charge is 2.32. The first-order valence-corrected chi connectivity index (χ1v) is 14.8. The number of nitrogens with one attached hydrogen (secondary N) is 1. The number of aliphatic carboxylic acids is 1. The molecule has 1 amide bonds. The Hall–Kier alpha value is -2.98. The third kappa shape index (κ3) is 8.52. The number of benzene rings is 1. The van der Waals surface area contributed by atoms with Crippen LogP contribution in [0.4, 0.5) is 8.78 Å². The zero-order valence-corrected chi connectivity index (χ0v) is 25.4. The van der Waals surface area contributed by atoms with Gasteiger partial charge in [0.05, 0.1) is 18.0 Å². The van der Waals surface area contributed by atoms with E-state index in [1.165, 1.54) is 17.8 Å². The molecular formula is C31H41F2N3O4S. The number of carboxylic acids is 1. The molecule has 0 bridgehead atoms. The minimum Gasteiger partial charge on any atom is -0.481 e. The number of likely N-dealkylation sites (N-methyl/N-ethyl adjacent to an activating group) is 1. The molecule has 2 N–H and O–H groups in total. The molecule has 0 spiro atoms. The first kappa shape index (κ1) is 32.5. The molecule has 3 atom stereocenters. The maximum absolute atomic E-state index is 13.9. The lowest BCUT2D eigenvalue weighted by atomic mass is 9.93. The van der Waals surface area contributed by atoms with E-state index >= 15 is 0 Å². The summed E-state index contributed by atoms with van der Waals surface area (Å²) < 4.78 is 28.9. The van der Waals surface area contributed by atoms with Gasteiger partial charge in [0.15, 0.2) is 0 Å². The summed E-state index contributed by atoms with van der Waals surface area (Å²) in [6, 6.07) is 5.45. The van der Waals surface area contributed by atoms with Gasteiger partial charge in [-0.1, -0.05) is 32.0 Å². The molecule has 1 unspecified atom stereocenters. The summed E-state index contributed by atoms with van der Waals surface area (Å²) in [6.45, 7) is 8.44. The molecule has 0 aliphatic carbocycles. The van der Waals surface area contributed by atoms with E-state index in [-0.39, 0.29) is 24.0 Å². The molecule has 1 aliphatic rings. The van der Waals surface area contributed by atoms with Crippen molar-refractivity contribution in [1.82, 2.24) is 14.8 Å². The fourth-order valence-corrected chi connectivity index (χ4v) is 6.68. The van der Waals surface area contributed by atoms with E-state index in [0.717, 1.165) is 21.3 Å². The number of halogens is 2. The number of rotatable bonds is 13. The van der Waals surface area contributed by atoms with Crippen molar-refractivity contribution < 1.29 is 23.5 Å². The van der Waals surface area contributed by atoms with E-state index in [9.17, 15) is 28.3 Å². The van der Waals surface area contributed by atoms with E-state index in [4.69, 9.17) is 0 Å². The number of thioether (sulfide) groups is 1. The summed E-state index contributed by atoms with van der Waals surface area (Å²) in [4.78, 5) is 40.8. The molecule has 10 heteroatoms. The summed E-state index contributed by atoms with van der Waals surface area (Å²) >= 11 is 1.60. The Morgan fingerprint density at radius 3 is 2.41 bits per heavy atom. The monoisotopic (exact) mass is 589 g/mol. The van der Waals surface area contributed by atoms with Crippen LogP contribution >= 0.6 is 11.8 Å². The zero-order valence-electron chi connectivity index (χ0n) is 24.6. The lowest BCUT2D eigenvalue weighted by Gasteiger charge is -2.26. The maximum Gasteiger partial charge on any atom is 0.305 e. The van der Waals surface area contributed by atoms with Crippen LogP contribution in [0.1, 0.15) is 78.6 Å². The summed E-state index contributed by atoms with van der Waals surface area (Å²) in [5, 5.41) is 14.6. The number of aromatic nitrogens is 1. The molecule has 2 heterocycles. The van der Waals surface area contributed by atoms with Crippen molar-refractivity contribution in [3.63, 3.8) is 0 Å². The molecule has 1 aromatic carbocycles. The topological polar surface area (TPSA) is 91.6 Å². The first-order chi connectivity index (χ1) is 19.3. The molecule has 224 valence electrons. The van der Waals surface area contributed by atoms with E-state index in [1.54, 1.807) is 11.8 Å². The number of alkyl halides is 2. The summed E-state index contributed by atoms with van der Waals surface area (Å²) in [6.07, 6.45) is -0.597. The van der Waals surface area contributed by atoms with Gasteiger partial charge in [0.1, 0.15) is 6.04 Å². The van der Waals surface area contributed by atoms with Gasteiger partial charge in [-0.3, -0.25) is 14.4 Å². The Kier molecular flexibility index (Phi) is 11.3. The van der Waals surface area contributed by atoms with Crippen LogP contribution < -0.4 is 10.9 Å². The van der Waals surface area contributed by atoms with Crippen LogP contribution in [0, 0.1) is 19.8 Å². The molecule has 0 saturated heterocycles. The molecule has 0 fully saturated rings. The average Bonchev–Trinajstić information content (AvgIpc) is 3.35. The smallest absolute Gasteiger partial charge is 0.305 e. The Balaban J connectivity index is 1.94. The van der Waals surface area contributed by atoms with Gasteiger partial charge in [-0.05, 0) is 92.4 Å². The quantitative estimate of drug-likeness (QED) is 0.306. The Morgan fingerprint density at radius 2 is 1.85 bits per heavy atom. The number of hydrogen-bond donors (Lipinski definition) is 2. The third-order valence-electron chi connectivity index (χ3n) is 7.35. The standard InChI is InChI=1S/C31H41F2N3O4S/c1-18(2)12-25(36-16-21(10-11-35(5)6)13-23(29(32)33)31(36)40)30(39)34-24(15-27(37)38)22-14-26(41-17-22)28-19(3)8-7-9-20(28)4/h7-9,13,16-18,24-26,29H,10-12,14-15H2,1-6H3,(H,34,39)(H,37,38)/t24-,25-,26?/m1/s1. The van der Waals surface area contributed by atoms with Gasteiger partial charge in [0.25, 0.3) is 12.0 Å². The van der Waals surface area contributed by atoms with Crippen molar-refractivity contribution in [1.29, 1.82) is 0 Å². The molecule has 0 radical (unpaired) electrons. The van der Waals surface area contributed by atoms with E-state index < -0.39 is 41.5 Å². The molecular weight excluding hydrogens is 548 g/mol. The van der Waals surface area contributed by atoms with Crippen LogP contribution in [0.5, 0.6) is 0 Å². The number of aryl methyl sites for hydroxylation is 2. The second kappa shape index (κ2) is 14.3. The van der Waals surface area contributed by atoms with Gasteiger partial charge < -0.3 is 19.9 Å². The predicted octanol–water partition coefficient (Wildman–Crippen LogP) is 5.82. The SMILES string of the molecule is Cc1cccc(C)c1C1CC([C@@H](CC(=O)O)NC(=O)[C@@H](CC(C)C)n2cc(CCN(C)C)cc(C(F)F)c2=O)=CS1. The minimum absolute atomic E-state index is 0.0364. The molecule has 41 heavy (non-hydrogen) atoms. The first-order valence-electron chi connectivity index (χ1n) is 13.9. The normalized spacial score (nSPS) is 16.8. The van der Waals surface area contributed by atoms with Crippen molar-refractivity contribution in [2.45, 2.75) is 77.1 Å². The molecule has 0 saturated carbocycles. The highest BCUT2D eigenvalue weighted by molar-refractivity contribution is 8.02. The van der Waals surface area contributed by atoms with Crippen LogP contribution in [-0.2, 0) is 16.0 Å². The number of carbonyl (C=O) groups excluding carboxylic acids is 1. The van der Waals surface area contributed by atoms with Crippen LogP contribution in [0.2, 0.25) is 0 Å². The van der Waals surface area contributed by atoms with Crippen molar-refractivity contribution in [3.8, 4) is 0 Å². The summed E-state index contributed by atoms with van der Waals surface area (Å²) in [5.74, 6) is -1.66. The number of nitrogens with zero attached hydrogens (tertiary/aromatic N) is 2. The fourth-order valence-electron chi connectivity index (χ4n) is 5.28. The Morgan fingerprint density at radius 1 is 1.20 bits per heavy atom. The van der Waals surface area contributed by atoms with E-state index in [2.05, 4.69) is 5.32 Å². The van der Waals surface area contributed by atoms with Crippen molar-refractivity contribution in [2.24, 2.45) is 5.92 Å². The molecule has 3 rings (SSSR count). The van der Waals surface area contributed by atoms with Gasteiger partial charge in [0.2, 0.25) is 5.91 Å². The summed E-state index contributed by atoms with van der Waals surface area (Å²) in [7, 11) is 3.73. The Labute approximate surface area is 245 Å². The molecule has 7 nitrogen and oxygen atoms in total. The molecule has 1 aliphatic heterocycles. The molecule has 2 aromatic rings. The van der Waals surface area contributed by atoms with Crippen molar-refractivity contribution >= 4 is 23.6 Å². The number of carboxylic acid groups (broad SMARTS) is 1. The van der Waals surface area contributed by atoms with Crippen LogP contribution in [-0.4, -0.2) is 53.1 Å². The van der Waals surface area contributed by atoms with Gasteiger partial charge in [-0.2, -0.15) is 0 Å². The highest BCUT2D eigenvalue weighted by atomic mass is 32.2. The maximum atomic E-state index is 13.9. The number of pyridine rings is 1. The van der Waals surface area contributed by atoms with Gasteiger partial charge >= 0.3 is 5.97 Å². The zero-order chi connectivity index (χ0) is 30.4. The third-order valence-corrected chi connectivity index (χ3v) is 8.52. The van der Waals surface area contributed by atoms with Crippen molar-refractivity contribution in [3.05, 3.63) is 79.6 Å². The van der Waals surface area contributed by atoms with Crippen LogP contribution in [0.3, 0.4) is 0 Å². The summed E-state index contributed by atoms with van der Waals surface area (Å²) in [5.41, 5.74) is 3.27. The largest absolute Gasteiger partial charge is 0.481 e. The minimum atomic E-state index is -2.99. The lowest BCUT2D eigenvalue weighted by molar-refractivity contribution is -0.137. The van der Waals surface area contributed by atoms with Gasteiger partial charge in [-0.15, -0.1) is 11.8 Å². The average molecular weight is 590 g/mol. The van der Waals surface area contributed by atoms with Crippen LogP contribution in [0.25, 0.3) is 0 Å². The number of amides is 1. The fraction of sp³-hybridized carbons (Fsp3) is 0.516. The van der Waals surface area contributed by atoms with E-state index in [0.29, 0.717) is 24.9 Å². The van der Waals surface area contributed by atoms with Crippen LogP contribution in [0.15, 0.2) is 46.2 Å². The Bertz CT molecular complexity index is 1320. The number of carbonyl (C=O) groups is 2. The lowest BCUT2D eigenvalue weighted by Crippen LogP contribution is -2.44. The van der Waals surface area contributed by atoms with Crippen molar-refractivity contribution in [2.75, 3.05) is 20.6 Å².